The molecule has 0 atom stereocenters. The van der Waals surface area contributed by atoms with Crippen LogP contribution < -0.4 is 0 Å². The standard InChI is InChI=1S/C13H10NO3/c1-17-13(16)10-7-8-11(14-12(10)15)9-5-3-2-4-6-9/h2-8H,1H3. The second-order valence-corrected chi connectivity index (χ2v) is 3.41. The van der Waals surface area contributed by atoms with Crippen LogP contribution in [-0.2, 0) is 9.84 Å². The van der Waals surface area contributed by atoms with Crippen LogP contribution in [0.3, 0.4) is 0 Å². The number of nitrogens with zero attached hydrogens (tertiary/aromatic N) is 1. The number of benzene rings is 1. The van der Waals surface area contributed by atoms with Gasteiger partial charge in [-0.2, -0.15) is 0 Å². The van der Waals surface area contributed by atoms with Crippen molar-refractivity contribution in [2.45, 2.75) is 0 Å². The molecule has 0 N–H and O–H groups in total. The van der Waals surface area contributed by atoms with Crippen LogP contribution in [0.4, 0.5) is 0 Å². The van der Waals surface area contributed by atoms with Crippen molar-refractivity contribution >= 4 is 5.97 Å². The van der Waals surface area contributed by atoms with Crippen LogP contribution in [0.15, 0.2) is 42.5 Å². The van der Waals surface area contributed by atoms with Crippen molar-refractivity contribution in [3.05, 3.63) is 48.0 Å². The number of carbonyl (C=O) groups is 1. The van der Waals surface area contributed by atoms with Crippen molar-refractivity contribution in [3.63, 3.8) is 0 Å². The first-order valence-electron chi connectivity index (χ1n) is 5.04. The van der Waals surface area contributed by atoms with Gasteiger partial charge in [-0.25, -0.2) is 9.78 Å². The molecule has 0 fully saturated rings. The summed E-state index contributed by atoms with van der Waals surface area (Å²) in [6.07, 6.45) is 0. The zero-order valence-electron chi connectivity index (χ0n) is 9.21. The highest BCUT2D eigenvalue weighted by Crippen LogP contribution is 2.22. The number of esters is 1. The highest BCUT2D eigenvalue weighted by Gasteiger charge is 2.15. The number of rotatable bonds is 2. The van der Waals surface area contributed by atoms with Gasteiger partial charge in [0, 0.05) is 5.56 Å². The van der Waals surface area contributed by atoms with E-state index in [1.165, 1.54) is 13.2 Å². The topological polar surface area (TPSA) is 59.1 Å². The highest BCUT2D eigenvalue weighted by molar-refractivity contribution is 5.92. The summed E-state index contributed by atoms with van der Waals surface area (Å²) in [6, 6.07) is 12.3. The fraction of sp³-hybridized carbons (Fsp3) is 0.0769. The zero-order valence-corrected chi connectivity index (χ0v) is 9.21. The van der Waals surface area contributed by atoms with Gasteiger partial charge in [0.2, 0.25) is 0 Å². The predicted molar refractivity (Wildman–Crippen MR) is 61.1 cm³/mol. The van der Waals surface area contributed by atoms with Gasteiger partial charge < -0.3 is 4.74 Å². The summed E-state index contributed by atoms with van der Waals surface area (Å²) in [4.78, 5) is 15.1. The fourth-order valence-electron chi connectivity index (χ4n) is 1.48. The third-order valence-corrected chi connectivity index (χ3v) is 2.34. The summed E-state index contributed by atoms with van der Waals surface area (Å²) in [5.74, 6) is -1.24. The van der Waals surface area contributed by atoms with E-state index in [-0.39, 0.29) is 5.56 Å². The van der Waals surface area contributed by atoms with Crippen LogP contribution in [0, 0.1) is 0 Å². The van der Waals surface area contributed by atoms with E-state index >= 15 is 0 Å². The van der Waals surface area contributed by atoms with Crippen LogP contribution in [-0.4, -0.2) is 18.1 Å². The number of ether oxygens (including phenoxy) is 1. The second kappa shape index (κ2) is 4.65. The molecule has 4 heteroatoms. The molecule has 85 valence electrons. The number of hydrogen-bond acceptors (Lipinski definition) is 3. The summed E-state index contributed by atoms with van der Waals surface area (Å²) in [5.41, 5.74) is 1.33. The van der Waals surface area contributed by atoms with Gasteiger partial charge in [-0.1, -0.05) is 30.3 Å². The molecule has 0 saturated heterocycles. The first-order chi connectivity index (χ1) is 8.22. The molecular weight excluding hydrogens is 218 g/mol. The van der Waals surface area contributed by atoms with E-state index in [2.05, 4.69) is 9.72 Å². The van der Waals surface area contributed by atoms with Crippen LogP contribution in [0.1, 0.15) is 10.4 Å². The maximum absolute atomic E-state index is 11.6. The molecule has 2 aromatic rings. The fourth-order valence-corrected chi connectivity index (χ4v) is 1.48. The minimum absolute atomic E-state index is 0.0489. The van der Waals surface area contributed by atoms with Crippen LogP contribution in [0.2, 0.25) is 0 Å². The number of pyridine rings is 1. The first kappa shape index (κ1) is 11.1. The lowest BCUT2D eigenvalue weighted by Crippen LogP contribution is -2.02. The normalized spacial score (nSPS) is 9.94. The molecule has 0 spiro atoms. The maximum atomic E-state index is 11.6. The molecule has 2 rings (SSSR count). The Balaban J connectivity index is 2.41. The van der Waals surface area contributed by atoms with Crippen LogP contribution in [0.5, 0.6) is 5.88 Å². The van der Waals surface area contributed by atoms with Crippen molar-refractivity contribution < 1.29 is 14.6 Å². The average Bonchev–Trinajstić information content (AvgIpc) is 2.39. The van der Waals surface area contributed by atoms with Gasteiger partial charge in [-0.15, -0.1) is 0 Å². The smallest absolute Gasteiger partial charge is 0.343 e. The summed E-state index contributed by atoms with van der Waals surface area (Å²) in [6.45, 7) is 0. The van der Waals surface area contributed by atoms with Crippen LogP contribution in [0.25, 0.3) is 11.3 Å². The van der Waals surface area contributed by atoms with Gasteiger partial charge in [0.05, 0.1) is 12.8 Å². The molecule has 17 heavy (non-hydrogen) atoms. The summed E-state index contributed by atoms with van der Waals surface area (Å²) in [7, 11) is 1.23. The molecule has 0 aliphatic heterocycles. The molecule has 0 unspecified atom stereocenters. The molecule has 1 aromatic carbocycles. The van der Waals surface area contributed by atoms with E-state index in [0.717, 1.165) is 5.56 Å². The Hall–Kier alpha value is -2.36. The van der Waals surface area contributed by atoms with Crippen molar-refractivity contribution in [1.29, 1.82) is 0 Å². The number of methoxy groups -OCH3 is 1. The van der Waals surface area contributed by atoms with Crippen LogP contribution >= 0.6 is 0 Å². The third kappa shape index (κ3) is 2.25. The minimum Gasteiger partial charge on any atom is -0.465 e. The third-order valence-electron chi connectivity index (χ3n) is 2.34. The van der Waals surface area contributed by atoms with Gasteiger partial charge in [-0.05, 0) is 12.1 Å². The van der Waals surface area contributed by atoms with E-state index in [0.29, 0.717) is 5.69 Å². The summed E-state index contributed by atoms with van der Waals surface area (Å²) in [5, 5.41) is 11.6. The van der Waals surface area contributed by atoms with E-state index in [9.17, 15) is 9.90 Å². The van der Waals surface area contributed by atoms with Crippen molar-refractivity contribution in [2.75, 3.05) is 7.11 Å². The molecule has 1 heterocycles. The largest absolute Gasteiger partial charge is 0.465 e. The van der Waals surface area contributed by atoms with Gasteiger partial charge >= 0.3 is 5.97 Å². The number of carbonyl (C=O) groups excluding carboxylic acids is 1. The Morgan fingerprint density at radius 1 is 1.12 bits per heavy atom. The monoisotopic (exact) mass is 228 g/mol. The van der Waals surface area contributed by atoms with E-state index in [4.69, 9.17) is 0 Å². The van der Waals surface area contributed by atoms with Crippen molar-refractivity contribution in [3.8, 4) is 17.1 Å². The van der Waals surface area contributed by atoms with Crippen molar-refractivity contribution in [1.82, 2.24) is 4.98 Å². The van der Waals surface area contributed by atoms with Crippen molar-refractivity contribution in [2.24, 2.45) is 0 Å². The Morgan fingerprint density at radius 3 is 2.41 bits per heavy atom. The average molecular weight is 228 g/mol. The number of hydrogen-bond donors (Lipinski definition) is 0. The maximum Gasteiger partial charge on any atom is 0.343 e. The molecule has 1 radical (unpaired) electrons. The van der Waals surface area contributed by atoms with E-state index < -0.39 is 11.8 Å². The number of aromatic nitrogens is 1. The molecule has 4 nitrogen and oxygen atoms in total. The van der Waals surface area contributed by atoms with Gasteiger partial charge in [0.25, 0.3) is 5.88 Å². The van der Waals surface area contributed by atoms with E-state index in [1.54, 1.807) is 6.07 Å². The van der Waals surface area contributed by atoms with Gasteiger partial charge in [0.15, 0.2) is 0 Å². The van der Waals surface area contributed by atoms with Gasteiger partial charge in [0.1, 0.15) is 5.56 Å². The zero-order chi connectivity index (χ0) is 12.3. The molecule has 0 amide bonds. The lowest BCUT2D eigenvalue weighted by molar-refractivity contribution is 0.0594. The summed E-state index contributed by atoms with van der Waals surface area (Å²) >= 11 is 0. The van der Waals surface area contributed by atoms with E-state index in [1.807, 2.05) is 30.3 Å². The molecular formula is C13H10NO3. The Morgan fingerprint density at radius 2 is 1.82 bits per heavy atom. The quantitative estimate of drug-likeness (QED) is 0.742. The SMILES string of the molecule is COC(=O)c1ccc(-c2ccccc2)nc1[O]. The predicted octanol–water partition coefficient (Wildman–Crippen LogP) is 2.68. The molecule has 1 aromatic heterocycles. The molecule has 0 saturated carbocycles. The Labute approximate surface area is 98.5 Å². The highest BCUT2D eigenvalue weighted by atomic mass is 16.5. The van der Waals surface area contributed by atoms with Gasteiger partial charge in [-0.3, -0.25) is 5.11 Å². The Bertz CT molecular complexity index is 538. The first-order valence-corrected chi connectivity index (χ1v) is 5.04. The minimum atomic E-state index is -0.665. The molecule has 0 aliphatic rings. The lowest BCUT2D eigenvalue weighted by atomic mass is 10.1. The summed E-state index contributed by atoms with van der Waals surface area (Å²) < 4.78 is 4.48. The molecule has 0 bridgehead atoms. The lowest BCUT2D eigenvalue weighted by Gasteiger charge is -2.03. The molecule has 0 aliphatic carbocycles. The Kier molecular flexibility index (Phi) is 3.05. The second-order valence-electron chi connectivity index (χ2n) is 3.41.